The first-order chi connectivity index (χ1) is 9.96. The Labute approximate surface area is 130 Å². The number of piperidine rings is 1. The van der Waals surface area contributed by atoms with E-state index in [2.05, 4.69) is 49.0 Å². The van der Waals surface area contributed by atoms with Gasteiger partial charge in [0.2, 0.25) is 0 Å². The Morgan fingerprint density at radius 3 is 2.81 bits per heavy atom. The molecule has 0 radical (unpaired) electrons. The summed E-state index contributed by atoms with van der Waals surface area (Å²) < 4.78 is 0. The first-order valence-corrected chi connectivity index (χ1v) is 8.31. The third-order valence-corrected chi connectivity index (χ3v) is 4.53. The fourth-order valence-electron chi connectivity index (χ4n) is 3.24. The second kappa shape index (κ2) is 7.37. The van der Waals surface area contributed by atoms with Crippen LogP contribution < -0.4 is 5.32 Å². The highest BCUT2D eigenvalue weighted by molar-refractivity contribution is 5.08. The minimum Gasteiger partial charge on any atom is -0.308 e. The van der Waals surface area contributed by atoms with Gasteiger partial charge >= 0.3 is 0 Å². The number of aromatic nitrogens is 1. The van der Waals surface area contributed by atoms with Crippen molar-refractivity contribution >= 4 is 0 Å². The Bertz CT molecular complexity index is 414. The molecule has 0 aromatic carbocycles. The Morgan fingerprint density at radius 1 is 1.38 bits per heavy atom. The number of rotatable bonds is 6. The van der Waals surface area contributed by atoms with Crippen LogP contribution in [0.25, 0.3) is 0 Å². The number of hydrogen-bond donors (Lipinski definition) is 1. The second-order valence-electron chi connectivity index (χ2n) is 7.60. The van der Waals surface area contributed by atoms with E-state index in [-0.39, 0.29) is 0 Å². The fourth-order valence-corrected chi connectivity index (χ4v) is 3.24. The molecule has 1 N–H and O–H groups in total. The molecular weight excluding hydrogens is 258 g/mol. The van der Waals surface area contributed by atoms with Gasteiger partial charge in [0.1, 0.15) is 0 Å². The lowest BCUT2D eigenvalue weighted by molar-refractivity contribution is 0.100. The number of likely N-dealkylation sites (tertiary alicyclic amines) is 1. The van der Waals surface area contributed by atoms with Crippen LogP contribution in [0.5, 0.6) is 0 Å². The average Bonchev–Trinajstić information content (AvgIpc) is 2.43. The van der Waals surface area contributed by atoms with Crippen LogP contribution >= 0.6 is 0 Å². The maximum atomic E-state index is 4.19. The van der Waals surface area contributed by atoms with Gasteiger partial charge in [-0.1, -0.05) is 33.8 Å². The molecule has 0 unspecified atom stereocenters. The van der Waals surface area contributed by atoms with E-state index in [4.69, 9.17) is 0 Å². The third kappa shape index (κ3) is 5.40. The predicted molar refractivity (Wildman–Crippen MR) is 89.2 cm³/mol. The first-order valence-electron chi connectivity index (χ1n) is 8.31. The van der Waals surface area contributed by atoms with Gasteiger partial charge in [0.05, 0.1) is 0 Å². The first kappa shape index (κ1) is 16.4. The van der Waals surface area contributed by atoms with Crippen molar-refractivity contribution in [2.75, 3.05) is 19.6 Å². The van der Waals surface area contributed by atoms with E-state index in [1.165, 1.54) is 31.5 Å². The van der Waals surface area contributed by atoms with Crippen molar-refractivity contribution in [2.45, 2.75) is 53.1 Å². The average molecular weight is 289 g/mol. The predicted octanol–water partition coefficient (Wildman–Crippen LogP) is 3.32. The molecule has 1 atom stereocenters. The minimum absolute atomic E-state index is 0.475. The lowest BCUT2D eigenvalue weighted by Gasteiger charge is -2.40. The van der Waals surface area contributed by atoms with Crippen molar-refractivity contribution in [2.24, 2.45) is 11.3 Å². The van der Waals surface area contributed by atoms with Crippen molar-refractivity contribution in [3.05, 3.63) is 30.1 Å². The van der Waals surface area contributed by atoms with E-state index < -0.39 is 0 Å². The molecule has 21 heavy (non-hydrogen) atoms. The summed E-state index contributed by atoms with van der Waals surface area (Å²) in [4.78, 5) is 6.84. The van der Waals surface area contributed by atoms with Crippen LogP contribution in [0.3, 0.4) is 0 Å². The highest BCUT2D eigenvalue weighted by Crippen LogP contribution is 2.28. The number of nitrogens with zero attached hydrogens (tertiary/aromatic N) is 2. The standard InChI is InChI=1S/C18H31N3/c1-15(2)17(20-12-16-7-5-9-19-11-16)13-21-10-6-8-18(3,4)14-21/h5,7,9,11,15,17,20H,6,8,10,12-14H2,1-4H3/t17-/m0/s1. The Morgan fingerprint density at radius 2 is 2.19 bits per heavy atom. The molecule has 1 aliphatic rings. The molecule has 2 heterocycles. The normalized spacial score (nSPS) is 20.6. The zero-order valence-electron chi connectivity index (χ0n) is 14.1. The van der Waals surface area contributed by atoms with Crippen LogP contribution in [0.1, 0.15) is 46.1 Å². The lowest BCUT2D eigenvalue weighted by atomic mass is 9.84. The zero-order chi connectivity index (χ0) is 15.3. The largest absolute Gasteiger partial charge is 0.308 e. The van der Waals surface area contributed by atoms with Crippen LogP contribution in [0, 0.1) is 11.3 Å². The monoisotopic (exact) mass is 289 g/mol. The Kier molecular flexibility index (Phi) is 5.77. The van der Waals surface area contributed by atoms with Crippen molar-refractivity contribution in [1.82, 2.24) is 15.2 Å². The second-order valence-corrected chi connectivity index (χ2v) is 7.60. The summed E-state index contributed by atoms with van der Waals surface area (Å²) in [6, 6.07) is 4.69. The van der Waals surface area contributed by atoms with Gasteiger partial charge in [-0.2, -0.15) is 0 Å². The van der Waals surface area contributed by atoms with E-state index in [1.54, 1.807) is 0 Å². The van der Waals surface area contributed by atoms with Crippen LogP contribution in [-0.2, 0) is 6.54 Å². The van der Waals surface area contributed by atoms with E-state index in [9.17, 15) is 0 Å². The Hall–Kier alpha value is -0.930. The molecule has 0 spiro atoms. The summed E-state index contributed by atoms with van der Waals surface area (Å²) in [5, 5.41) is 3.73. The van der Waals surface area contributed by atoms with E-state index in [1.807, 2.05) is 18.5 Å². The molecule has 1 aliphatic heterocycles. The van der Waals surface area contributed by atoms with Crippen molar-refractivity contribution in [1.29, 1.82) is 0 Å². The molecule has 118 valence electrons. The van der Waals surface area contributed by atoms with Gasteiger partial charge in [0.15, 0.2) is 0 Å². The fraction of sp³-hybridized carbons (Fsp3) is 0.722. The summed E-state index contributed by atoms with van der Waals surface area (Å²) in [6.45, 7) is 14.0. The SMILES string of the molecule is CC(C)[C@H](CN1CCCC(C)(C)C1)NCc1cccnc1. The molecule has 3 nitrogen and oxygen atoms in total. The molecule has 2 rings (SSSR count). The van der Waals surface area contributed by atoms with E-state index in [0.29, 0.717) is 17.4 Å². The maximum absolute atomic E-state index is 4.19. The highest BCUT2D eigenvalue weighted by atomic mass is 15.2. The van der Waals surface area contributed by atoms with Gasteiger partial charge in [0, 0.05) is 38.1 Å². The molecule has 1 aromatic rings. The van der Waals surface area contributed by atoms with Crippen molar-refractivity contribution < 1.29 is 0 Å². The lowest BCUT2D eigenvalue weighted by Crippen LogP contribution is -2.48. The summed E-state index contributed by atoms with van der Waals surface area (Å²) in [6.07, 6.45) is 6.48. The van der Waals surface area contributed by atoms with Gasteiger partial charge in [-0.25, -0.2) is 0 Å². The summed E-state index contributed by atoms with van der Waals surface area (Å²) in [5.74, 6) is 0.645. The van der Waals surface area contributed by atoms with Crippen LogP contribution in [0.2, 0.25) is 0 Å². The molecule has 1 saturated heterocycles. The van der Waals surface area contributed by atoms with Crippen molar-refractivity contribution in [3.8, 4) is 0 Å². The van der Waals surface area contributed by atoms with Gasteiger partial charge in [-0.3, -0.25) is 4.98 Å². The smallest absolute Gasteiger partial charge is 0.0312 e. The number of hydrogen-bond acceptors (Lipinski definition) is 3. The molecule has 1 fully saturated rings. The molecule has 0 bridgehead atoms. The van der Waals surface area contributed by atoms with E-state index in [0.717, 1.165) is 13.1 Å². The quantitative estimate of drug-likeness (QED) is 0.871. The van der Waals surface area contributed by atoms with Gasteiger partial charge in [-0.05, 0) is 42.3 Å². The van der Waals surface area contributed by atoms with Gasteiger partial charge in [0.25, 0.3) is 0 Å². The highest BCUT2D eigenvalue weighted by Gasteiger charge is 2.28. The molecule has 0 saturated carbocycles. The summed E-state index contributed by atoms with van der Waals surface area (Å²) in [7, 11) is 0. The minimum atomic E-state index is 0.475. The van der Waals surface area contributed by atoms with Crippen LogP contribution in [0.15, 0.2) is 24.5 Å². The summed E-state index contributed by atoms with van der Waals surface area (Å²) in [5.41, 5.74) is 1.74. The topological polar surface area (TPSA) is 28.2 Å². The van der Waals surface area contributed by atoms with E-state index >= 15 is 0 Å². The van der Waals surface area contributed by atoms with Crippen LogP contribution in [-0.4, -0.2) is 35.6 Å². The number of pyridine rings is 1. The maximum Gasteiger partial charge on any atom is 0.0312 e. The van der Waals surface area contributed by atoms with Gasteiger partial charge in [-0.15, -0.1) is 0 Å². The molecule has 0 amide bonds. The molecule has 1 aromatic heterocycles. The molecule has 3 heteroatoms. The Balaban J connectivity index is 1.87. The zero-order valence-corrected chi connectivity index (χ0v) is 14.1. The van der Waals surface area contributed by atoms with Gasteiger partial charge < -0.3 is 10.2 Å². The molecular formula is C18H31N3. The summed E-state index contributed by atoms with van der Waals surface area (Å²) >= 11 is 0. The van der Waals surface area contributed by atoms with Crippen LogP contribution in [0.4, 0.5) is 0 Å². The number of nitrogens with one attached hydrogen (secondary N) is 1. The third-order valence-electron chi connectivity index (χ3n) is 4.53. The molecule has 0 aliphatic carbocycles. The van der Waals surface area contributed by atoms with Crippen molar-refractivity contribution in [3.63, 3.8) is 0 Å².